The lowest BCUT2D eigenvalue weighted by molar-refractivity contribution is -0.125. The number of carbonyl (C=O) groups excluding carboxylic acids is 2. The Labute approximate surface area is 277 Å². The Hall–Kier alpha value is -4.45. The second-order valence-electron chi connectivity index (χ2n) is 13.3. The van der Waals surface area contributed by atoms with Crippen LogP contribution in [0.15, 0.2) is 71.6 Å². The molecule has 1 aliphatic rings. The molecule has 254 valence electrons. The number of alkyl carbamates (subject to hydrolysis) is 1. The van der Waals surface area contributed by atoms with Crippen molar-refractivity contribution >= 4 is 27.7 Å². The van der Waals surface area contributed by atoms with Crippen molar-refractivity contribution in [1.82, 2.24) is 10.6 Å². The van der Waals surface area contributed by atoms with Crippen LogP contribution in [0.25, 0.3) is 0 Å². The summed E-state index contributed by atoms with van der Waals surface area (Å²) in [6.07, 6.45) is -0.341. The van der Waals surface area contributed by atoms with E-state index in [0.717, 1.165) is 5.56 Å². The normalized spacial score (nSPS) is 13.9. The van der Waals surface area contributed by atoms with Gasteiger partial charge in [-0.1, -0.05) is 84.0 Å². The maximum absolute atomic E-state index is 13.9. The lowest BCUT2D eigenvalue weighted by Crippen LogP contribution is -2.54. The first-order valence-electron chi connectivity index (χ1n) is 15.6. The van der Waals surface area contributed by atoms with Gasteiger partial charge >= 0.3 is 6.09 Å². The average Bonchev–Trinajstić information content (AvgIpc) is 3.50. The van der Waals surface area contributed by atoms with Gasteiger partial charge in [-0.05, 0) is 53.0 Å². The summed E-state index contributed by atoms with van der Waals surface area (Å²) in [4.78, 5) is 25.8. The number of anilines is 1. The van der Waals surface area contributed by atoms with Gasteiger partial charge in [-0.3, -0.25) is 9.10 Å². The number of hydrogen-bond donors (Lipinski definition) is 3. The van der Waals surface area contributed by atoms with Gasteiger partial charge < -0.3 is 30.0 Å². The molecule has 0 aliphatic carbocycles. The quantitative estimate of drug-likeness (QED) is 0.214. The van der Waals surface area contributed by atoms with Crippen LogP contribution < -0.4 is 24.4 Å². The third kappa shape index (κ3) is 9.09. The number of para-hydroxylation sites is 1. The zero-order valence-electron chi connectivity index (χ0n) is 27.8. The largest absolute Gasteiger partial charge is 0.505 e. The first kappa shape index (κ1) is 35.4. The van der Waals surface area contributed by atoms with E-state index >= 15 is 0 Å². The number of ether oxygens (including phenoxy) is 3. The number of nitrogens with one attached hydrogen (secondary N) is 2. The molecule has 3 aromatic carbocycles. The summed E-state index contributed by atoms with van der Waals surface area (Å²) in [5.41, 5.74) is 0.929. The standard InChI is InChI=1S/C35H45N3O8S/c1-23(2)20-38(47(42,43)27-15-16-29-30(18-27)46-22-45-29)28-14-10-13-26(31(28)39)17-24(3)19-36-33(40)32(35(4,5)6)37-34(41)44-21-25-11-8-7-9-12-25/h7-16,18,23-24,32,39H,17,19-22H2,1-6H3,(H,36,40)(H,37,41)/t24?,32-/m0/s1. The molecule has 4 rings (SSSR count). The average molecular weight is 668 g/mol. The van der Waals surface area contributed by atoms with Crippen molar-refractivity contribution in [2.75, 3.05) is 24.2 Å². The van der Waals surface area contributed by atoms with Crippen molar-refractivity contribution in [2.45, 2.75) is 65.5 Å². The summed E-state index contributed by atoms with van der Waals surface area (Å²) in [6, 6.07) is 17.9. The fourth-order valence-corrected chi connectivity index (χ4v) is 6.80. The zero-order chi connectivity index (χ0) is 34.4. The van der Waals surface area contributed by atoms with Gasteiger partial charge in [-0.15, -0.1) is 0 Å². The van der Waals surface area contributed by atoms with E-state index in [1.807, 2.05) is 71.9 Å². The SMILES string of the molecule is CC(C)CN(c1cccc(CC(C)CNC(=O)[C@H](NC(=O)OCc2ccccc2)C(C)(C)C)c1O)S(=O)(=O)c1ccc2c(c1)OCO2. The van der Waals surface area contributed by atoms with E-state index in [-0.39, 0.29) is 60.6 Å². The Morgan fingerprint density at radius 1 is 0.979 bits per heavy atom. The maximum atomic E-state index is 13.9. The van der Waals surface area contributed by atoms with Gasteiger partial charge in [0.2, 0.25) is 12.7 Å². The molecule has 0 saturated heterocycles. The summed E-state index contributed by atoms with van der Waals surface area (Å²) < 4.78 is 45.1. The lowest BCUT2D eigenvalue weighted by Gasteiger charge is -2.30. The van der Waals surface area contributed by atoms with Gasteiger partial charge in [0.1, 0.15) is 18.4 Å². The minimum Gasteiger partial charge on any atom is -0.505 e. The van der Waals surface area contributed by atoms with Crippen molar-refractivity contribution in [2.24, 2.45) is 17.3 Å². The van der Waals surface area contributed by atoms with Crippen molar-refractivity contribution < 1.29 is 37.3 Å². The van der Waals surface area contributed by atoms with Crippen molar-refractivity contribution in [3.63, 3.8) is 0 Å². The summed E-state index contributed by atoms with van der Waals surface area (Å²) >= 11 is 0. The highest BCUT2D eigenvalue weighted by Crippen LogP contribution is 2.39. The van der Waals surface area contributed by atoms with Crippen LogP contribution in [0.4, 0.5) is 10.5 Å². The minimum absolute atomic E-state index is 0.0185. The number of benzene rings is 3. The molecule has 11 nitrogen and oxygen atoms in total. The third-order valence-electron chi connectivity index (χ3n) is 7.63. The summed E-state index contributed by atoms with van der Waals surface area (Å²) in [6.45, 7) is 11.7. The predicted molar refractivity (Wildman–Crippen MR) is 179 cm³/mol. The van der Waals surface area contributed by atoms with Crippen LogP contribution in [-0.2, 0) is 32.6 Å². The first-order chi connectivity index (χ1) is 22.2. The molecule has 0 bridgehead atoms. The first-order valence-corrected chi connectivity index (χ1v) is 17.1. The number of phenols is 1. The number of fused-ring (bicyclic) bond motifs is 1. The fraction of sp³-hybridized carbons (Fsp3) is 0.429. The molecule has 0 spiro atoms. The van der Waals surface area contributed by atoms with Crippen molar-refractivity contribution in [1.29, 1.82) is 0 Å². The zero-order valence-corrected chi connectivity index (χ0v) is 28.6. The second-order valence-corrected chi connectivity index (χ2v) is 15.2. The van der Waals surface area contributed by atoms with Gasteiger partial charge in [0.25, 0.3) is 10.0 Å². The summed E-state index contributed by atoms with van der Waals surface area (Å²) in [7, 11) is -4.08. The molecule has 1 unspecified atom stereocenters. The monoisotopic (exact) mass is 667 g/mol. The van der Waals surface area contributed by atoms with Crippen molar-refractivity contribution in [3.8, 4) is 17.2 Å². The Morgan fingerprint density at radius 3 is 2.36 bits per heavy atom. The van der Waals surface area contributed by atoms with Gasteiger partial charge in [0, 0.05) is 19.2 Å². The summed E-state index contributed by atoms with van der Waals surface area (Å²) in [5, 5.41) is 17.0. The smallest absolute Gasteiger partial charge is 0.408 e. The number of nitrogens with zero attached hydrogens (tertiary/aromatic N) is 1. The highest BCUT2D eigenvalue weighted by atomic mass is 32.2. The van der Waals surface area contributed by atoms with Crippen molar-refractivity contribution in [3.05, 3.63) is 77.9 Å². The predicted octanol–water partition coefficient (Wildman–Crippen LogP) is 5.61. The van der Waals surface area contributed by atoms with Crippen LogP contribution in [0, 0.1) is 17.3 Å². The number of rotatable bonds is 13. The van der Waals surface area contributed by atoms with Crippen LogP contribution >= 0.6 is 0 Å². The second kappa shape index (κ2) is 15.0. The van der Waals surface area contributed by atoms with Gasteiger partial charge in [-0.2, -0.15) is 0 Å². The van der Waals surface area contributed by atoms with Crippen LogP contribution in [-0.4, -0.2) is 51.4 Å². The molecule has 2 amide bonds. The highest BCUT2D eigenvalue weighted by Gasteiger charge is 2.34. The van der Waals surface area contributed by atoms with Crippen LogP contribution in [0.2, 0.25) is 0 Å². The van der Waals surface area contributed by atoms with Gasteiger partial charge in [0.15, 0.2) is 11.5 Å². The van der Waals surface area contributed by atoms with E-state index in [1.165, 1.54) is 16.4 Å². The van der Waals surface area contributed by atoms with E-state index < -0.39 is 27.6 Å². The number of amides is 2. The third-order valence-corrected chi connectivity index (χ3v) is 9.40. The van der Waals surface area contributed by atoms with E-state index in [4.69, 9.17) is 14.2 Å². The Bertz CT molecular complexity index is 1650. The molecule has 1 heterocycles. The number of phenolic OH excluding ortho intramolecular Hbond substituents is 1. The molecule has 3 aromatic rings. The molecule has 0 radical (unpaired) electrons. The number of aromatic hydroxyl groups is 1. The van der Waals surface area contributed by atoms with E-state index in [2.05, 4.69) is 10.6 Å². The molecule has 0 aromatic heterocycles. The minimum atomic E-state index is -4.08. The highest BCUT2D eigenvalue weighted by molar-refractivity contribution is 7.92. The van der Waals surface area contributed by atoms with Gasteiger partial charge in [0.05, 0.1) is 10.6 Å². The molecule has 47 heavy (non-hydrogen) atoms. The molecular weight excluding hydrogens is 622 g/mol. The Morgan fingerprint density at radius 2 is 1.68 bits per heavy atom. The van der Waals surface area contributed by atoms with Crippen LogP contribution in [0.1, 0.15) is 52.7 Å². The maximum Gasteiger partial charge on any atom is 0.408 e. The van der Waals surface area contributed by atoms with Crippen LogP contribution in [0.5, 0.6) is 17.2 Å². The van der Waals surface area contributed by atoms with E-state index in [9.17, 15) is 23.1 Å². The molecule has 12 heteroatoms. The van der Waals surface area contributed by atoms with E-state index in [1.54, 1.807) is 24.3 Å². The Balaban J connectivity index is 1.44. The lowest BCUT2D eigenvalue weighted by atomic mass is 9.86. The molecule has 0 fully saturated rings. The van der Waals surface area contributed by atoms with Crippen LogP contribution in [0.3, 0.4) is 0 Å². The molecule has 3 N–H and O–H groups in total. The molecule has 2 atom stereocenters. The van der Waals surface area contributed by atoms with E-state index in [0.29, 0.717) is 23.5 Å². The number of carbonyl (C=O) groups is 2. The van der Waals surface area contributed by atoms with Gasteiger partial charge in [-0.25, -0.2) is 13.2 Å². The molecule has 0 saturated carbocycles. The molecule has 1 aliphatic heterocycles. The Kier molecular flexibility index (Phi) is 11.3. The fourth-order valence-electron chi connectivity index (χ4n) is 5.15. The topological polar surface area (TPSA) is 143 Å². The number of hydrogen-bond acceptors (Lipinski definition) is 8. The summed E-state index contributed by atoms with van der Waals surface area (Å²) in [5.74, 6) is 0.115. The number of sulfonamides is 1. The molecular formula is C35H45N3O8S.